The average molecular weight is 428 g/mol. The summed E-state index contributed by atoms with van der Waals surface area (Å²) in [7, 11) is 0. The lowest BCUT2D eigenvalue weighted by molar-refractivity contribution is 0.286. The SMILES string of the molecule is Fc1cc2c3c(c1)NC(CN1CC=C(c4ccc(Br)cc4)CC1)N3CCC2. The predicted molar refractivity (Wildman–Crippen MR) is 113 cm³/mol. The smallest absolute Gasteiger partial charge is 0.125 e. The van der Waals surface area contributed by atoms with Gasteiger partial charge < -0.3 is 10.2 Å². The monoisotopic (exact) mass is 427 g/mol. The highest BCUT2D eigenvalue weighted by molar-refractivity contribution is 9.10. The minimum atomic E-state index is -0.126. The molecule has 0 saturated heterocycles. The Bertz CT molecular complexity index is 893. The van der Waals surface area contributed by atoms with Crippen LogP contribution in [0.15, 0.2) is 46.9 Å². The van der Waals surface area contributed by atoms with E-state index < -0.39 is 0 Å². The van der Waals surface area contributed by atoms with E-state index >= 15 is 0 Å². The second-order valence-corrected chi connectivity index (χ2v) is 8.58. The van der Waals surface area contributed by atoms with Crippen molar-refractivity contribution in [3.05, 3.63) is 63.9 Å². The van der Waals surface area contributed by atoms with E-state index in [-0.39, 0.29) is 12.0 Å². The van der Waals surface area contributed by atoms with E-state index in [4.69, 9.17) is 0 Å². The zero-order valence-electron chi connectivity index (χ0n) is 15.2. The van der Waals surface area contributed by atoms with Crippen molar-refractivity contribution in [1.29, 1.82) is 0 Å². The van der Waals surface area contributed by atoms with Crippen molar-refractivity contribution >= 4 is 32.9 Å². The molecule has 0 aromatic heterocycles. The number of nitrogens with zero attached hydrogens (tertiary/aromatic N) is 2. The zero-order chi connectivity index (χ0) is 18.4. The molecular weight excluding hydrogens is 405 g/mol. The summed E-state index contributed by atoms with van der Waals surface area (Å²) < 4.78 is 15.0. The molecule has 0 bridgehead atoms. The Hall–Kier alpha value is -1.85. The Kier molecular flexibility index (Phi) is 4.44. The van der Waals surface area contributed by atoms with Crippen molar-refractivity contribution in [2.75, 3.05) is 36.4 Å². The van der Waals surface area contributed by atoms with Crippen LogP contribution in [0.1, 0.15) is 24.0 Å². The number of aryl methyl sites for hydroxylation is 1. The molecule has 2 aromatic carbocycles. The van der Waals surface area contributed by atoms with Crippen LogP contribution in [0.25, 0.3) is 5.57 Å². The Labute approximate surface area is 168 Å². The molecule has 5 rings (SSSR count). The van der Waals surface area contributed by atoms with Gasteiger partial charge in [-0.3, -0.25) is 4.90 Å². The van der Waals surface area contributed by atoms with Gasteiger partial charge in [-0.25, -0.2) is 4.39 Å². The predicted octanol–water partition coefficient (Wildman–Crippen LogP) is 4.88. The van der Waals surface area contributed by atoms with Gasteiger partial charge in [0.2, 0.25) is 0 Å². The summed E-state index contributed by atoms with van der Waals surface area (Å²) in [6, 6.07) is 11.9. The molecule has 0 aliphatic carbocycles. The fourth-order valence-corrected chi connectivity index (χ4v) is 4.87. The van der Waals surface area contributed by atoms with Crippen LogP contribution in [0.2, 0.25) is 0 Å². The Morgan fingerprint density at radius 3 is 2.74 bits per heavy atom. The van der Waals surface area contributed by atoms with Gasteiger partial charge in [0.1, 0.15) is 12.0 Å². The summed E-state index contributed by atoms with van der Waals surface area (Å²) in [5.41, 5.74) is 6.11. The number of hydrogen-bond donors (Lipinski definition) is 1. The third kappa shape index (κ3) is 3.27. The second kappa shape index (κ2) is 6.95. The van der Waals surface area contributed by atoms with Crippen molar-refractivity contribution in [3.8, 4) is 0 Å². The third-order valence-corrected chi connectivity index (χ3v) is 6.45. The maximum absolute atomic E-state index is 13.9. The van der Waals surface area contributed by atoms with Crippen molar-refractivity contribution in [1.82, 2.24) is 4.90 Å². The van der Waals surface area contributed by atoms with Gasteiger partial charge in [0.25, 0.3) is 0 Å². The molecule has 0 spiro atoms. The quantitative estimate of drug-likeness (QED) is 0.752. The largest absolute Gasteiger partial charge is 0.362 e. The third-order valence-electron chi connectivity index (χ3n) is 5.92. The number of halogens is 2. The normalized spacial score (nSPS) is 21.6. The van der Waals surface area contributed by atoms with Crippen LogP contribution in [0.3, 0.4) is 0 Å². The van der Waals surface area contributed by atoms with E-state index in [1.54, 1.807) is 12.1 Å². The Morgan fingerprint density at radius 2 is 1.96 bits per heavy atom. The van der Waals surface area contributed by atoms with E-state index in [1.807, 2.05) is 0 Å². The molecule has 5 heteroatoms. The molecule has 0 amide bonds. The summed E-state index contributed by atoms with van der Waals surface area (Å²) in [4.78, 5) is 4.94. The summed E-state index contributed by atoms with van der Waals surface area (Å²) >= 11 is 3.50. The highest BCUT2D eigenvalue weighted by atomic mass is 79.9. The summed E-state index contributed by atoms with van der Waals surface area (Å²) in [5.74, 6) is -0.126. The lowest BCUT2D eigenvalue weighted by Crippen LogP contribution is -2.47. The van der Waals surface area contributed by atoms with Crippen LogP contribution in [-0.4, -0.2) is 37.2 Å². The van der Waals surface area contributed by atoms with Gasteiger partial charge in [0.15, 0.2) is 0 Å². The van der Waals surface area contributed by atoms with Crippen molar-refractivity contribution < 1.29 is 4.39 Å². The molecule has 3 heterocycles. The first-order valence-corrected chi connectivity index (χ1v) is 10.5. The number of anilines is 2. The molecule has 3 aliphatic rings. The Morgan fingerprint density at radius 1 is 1.11 bits per heavy atom. The van der Waals surface area contributed by atoms with Gasteiger partial charge in [-0.05, 0) is 60.2 Å². The number of nitrogens with one attached hydrogen (secondary N) is 1. The molecule has 0 radical (unpaired) electrons. The van der Waals surface area contributed by atoms with Crippen molar-refractivity contribution in [3.63, 3.8) is 0 Å². The summed E-state index contributed by atoms with van der Waals surface area (Å²) in [5, 5.41) is 3.57. The summed E-state index contributed by atoms with van der Waals surface area (Å²) in [6.07, 6.45) is 5.75. The first-order valence-electron chi connectivity index (χ1n) is 9.70. The topological polar surface area (TPSA) is 18.5 Å². The van der Waals surface area contributed by atoms with Gasteiger partial charge in [-0.2, -0.15) is 0 Å². The maximum Gasteiger partial charge on any atom is 0.125 e. The van der Waals surface area contributed by atoms with Crippen LogP contribution >= 0.6 is 15.9 Å². The fraction of sp³-hybridized carbons (Fsp3) is 0.364. The van der Waals surface area contributed by atoms with E-state index in [2.05, 4.69) is 61.4 Å². The molecule has 140 valence electrons. The average Bonchev–Trinajstić information content (AvgIpc) is 3.02. The van der Waals surface area contributed by atoms with E-state index in [0.717, 1.165) is 61.2 Å². The highest BCUT2D eigenvalue weighted by Gasteiger charge is 2.34. The highest BCUT2D eigenvalue weighted by Crippen LogP contribution is 2.42. The van der Waals surface area contributed by atoms with Gasteiger partial charge in [0.05, 0.1) is 11.4 Å². The van der Waals surface area contributed by atoms with Gasteiger partial charge in [-0.1, -0.05) is 34.1 Å². The number of benzene rings is 2. The first-order chi connectivity index (χ1) is 13.2. The minimum Gasteiger partial charge on any atom is -0.362 e. The van der Waals surface area contributed by atoms with Crippen LogP contribution < -0.4 is 10.2 Å². The summed E-state index contributed by atoms with van der Waals surface area (Å²) in [6.45, 7) is 4.04. The molecular formula is C22H23BrFN3. The fourth-order valence-electron chi connectivity index (χ4n) is 4.61. The van der Waals surface area contributed by atoms with Crippen LogP contribution in [0.4, 0.5) is 15.8 Å². The number of hydrogen-bond acceptors (Lipinski definition) is 3. The van der Waals surface area contributed by atoms with Crippen molar-refractivity contribution in [2.45, 2.75) is 25.4 Å². The lowest BCUT2D eigenvalue weighted by Gasteiger charge is -2.35. The van der Waals surface area contributed by atoms with Gasteiger partial charge >= 0.3 is 0 Å². The lowest BCUT2D eigenvalue weighted by atomic mass is 9.99. The molecule has 1 atom stereocenters. The molecule has 1 unspecified atom stereocenters. The van der Waals surface area contributed by atoms with Crippen LogP contribution in [-0.2, 0) is 6.42 Å². The molecule has 3 aliphatic heterocycles. The van der Waals surface area contributed by atoms with Crippen molar-refractivity contribution in [2.24, 2.45) is 0 Å². The molecule has 1 N–H and O–H groups in total. The first kappa shape index (κ1) is 17.3. The van der Waals surface area contributed by atoms with Gasteiger partial charge in [-0.15, -0.1) is 0 Å². The standard InChI is InChI=1S/C22H23BrFN3/c23-18-5-3-15(4-6-18)16-7-10-26(11-8-16)14-21-25-20-13-19(24)12-17-2-1-9-27(21)22(17)20/h3-7,12-13,21,25H,1-2,8-11,14H2. The van der Waals surface area contributed by atoms with Crippen LogP contribution in [0, 0.1) is 5.82 Å². The molecule has 0 saturated carbocycles. The zero-order valence-corrected chi connectivity index (χ0v) is 16.8. The molecule has 0 fully saturated rings. The Balaban J connectivity index is 1.29. The molecule has 27 heavy (non-hydrogen) atoms. The second-order valence-electron chi connectivity index (χ2n) is 7.66. The molecule has 3 nitrogen and oxygen atoms in total. The molecule has 2 aromatic rings. The van der Waals surface area contributed by atoms with E-state index in [9.17, 15) is 4.39 Å². The maximum atomic E-state index is 13.9. The van der Waals surface area contributed by atoms with Gasteiger partial charge in [0, 0.05) is 30.7 Å². The van der Waals surface area contributed by atoms with E-state index in [1.165, 1.54) is 16.8 Å². The number of rotatable bonds is 3. The van der Waals surface area contributed by atoms with E-state index in [0.29, 0.717) is 0 Å². The van der Waals surface area contributed by atoms with Crippen LogP contribution in [0.5, 0.6) is 0 Å². The minimum absolute atomic E-state index is 0.126.